The molecule has 20 heavy (non-hydrogen) atoms. The van der Waals surface area contributed by atoms with Gasteiger partial charge in [-0.3, -0.25) is 4.79 Å². The summed E-state index contributed by atoms with van der Waals surface area (Å²) in [5, 5.41) is 11.3. The fourth-order valence-corrected chi connectivity index (χ4v) is 3.57. The van der Waals surface area contributed by atoms with E-state index >= 15 is 0 Å². The van der Waals surface area contributed by atoms with Crippen LogP contribution >= 0.6 is 0 Å². The number of carboxylic acids is 1. The quantitative estimate of drug-likeness (QED) is 0.681. The van der Waals surface area contributed by atoms with E-state index in [1.54, 1.807) is 29.4 Å². The second-order valence-electron chi connectivity index (χ2n) is 5.49. The van der Waals surface area contributed by atoms with E-state index in [-0.39, 0.29) is 5.91 Å². The lowest BCUT2D eigenvalue weighted by Crippen LogP contribution is -2.45. The first kappa shape index (κ1) is 11.7. The summed E-state index contributed by atoms with van der Waals surface area (Å²) in [6.07, 6.45) is 4.54. The Morgan fingerprint density at radius 3 is 3.10 bits per heavy atom. The van der Waals surface area contributed by atoms with E-state index in [2.05, 4.69) is 0 Å². The van der Waals surface area contributed by atoms with E-state index in [1.807, 2.05) is 6.08 Å². The Morgan fingerprint density at radius 1 is 1.55 bits per heavy atom. The number of likely N-dealkylation sites (tertiary alicyclic amines) is 1. The van der Waals surface area contributed by atoms with Gasteiger partial charge >= 0.3 is 0 Å². The number of fused-ring (bicyclic) bond motifs is 1. The van der Waals surface area contributed by atoms with Crippen LogP contribution in [0.25, 0.3) is 0 Å². The molecule has 2 fully saturated rings. The molecule has 0 aromatic carbocycles. The Balaban J connectivity index is 1.65. The van der Waals surface area contributed by atoms with Crippen LogP contribution in [0, 0.1) is 11.8 Å². The molecule has 4 rings (SSSR count). The zero-order valence-electron chi connectivity index (χ0n) is 10.5. The molecular weight excluding hydrogens is 262 g/mol. The molecular formula is C14H12NO5-. The standard InChI is InChI=1S/C14H13NO5/c16-12-11-10(13(17)18)9-3-4-14(11,20-9)7-15(12)6-8-2-1-5-19-8/h1-5,9-11H,6-7H2,(H,17,18)/p-1/t9-,10+,11-,14+/m1/s1. The molecule has 0 saturated carbocycles. The van der Waals surface area contributed by atoms with E-state index in [1.165, 1.54) is 0 Å². The molecule has 1 aromatic rings. The van der Waals surface area contributed by atoms with Gasteiger partial charge in [0.05, 0.1) is 31.4 Å². The van der Waals surface area contributed by atoms with E-state index in [9.17, 15) is 14.7 Å². The molecule has 2 saturated heterocycles. The van der Waals surface area contributed by atoms with Crippen LogP contribution in [0.3, 0.4) is 0 Å². The average Bonchev–Trinajstić information content (AvgIpc) is 3.12. The van der Waals surface area contributed by atoms with Crippen molar-refractivity contribution < 1.29 is 23.8 Å². The highest BCUT2D eigenvalue weighted by atomic mass is 16.5. The van der Waals surface area contributed by atoms with Crippen LogP contribution in [0.2, 0.25) is 0 Å². The number of furan rings is 1. The lowest BCUT2D eigenvalue weighted by atomic mass is 9.77. The molecule has 1 aromatic heterocycles. The Bertz CT molecular complexity index is 607. The maximum Gasteiger partial charge on any atom is 0.230 e. The third-order valence-corrected chi connectivity index (χ3v) is 4.38. The number of hydrogen-bond acceptors (Lipinski definition) is 5. The van der Waals surface area contributed by atoms with Crippen molar-refractivity contribution in [3.63, 3.8) is 0 Å². The topological polar surface area (TPSA) is 82.8 Å². The zero-order valence-corrected chi connectivity index (χ0v) is 10.5. The SMILES string of the molecule is O=C([O-])[C@H]1[C@H]2C=C[C@@]3(CN(Cc4ccco4)C(=O)[C@@H]13)O2. The fourth-order valence-electron chi connectivity index (χ4n) is 3.57. The molecule has 104 valence electrons. The first-order chi connectivity index (χ1) is 9.61. The van der Waals surface area contributed by atoms with Crippen molar-refractivity contribution in [2.24, 2.45) is 11.8 Å². The highest BCUT2D eigenvalue weighted by molar-refractivity contribution is 5.90. The summed E-state index contributed by atoms with van der Waals surface area (Å²) in [7, 11) is 0. The van der Waals surface area contributed by atoms with Crippen molar-refractivity contribution in [2.45, 2.75) is 18.2 Å². The average molecular weight is 274 g/mol. The molecule has 3 aliphatic rings. The van der Waals surface area contributed by atoms with Gasteiger partial charge in [-0.05, 0) is 12.1 Å². The van der Waals surface area contributed by atoms with Gasteiger partial charge < -0.3 is 24.0 Å². The number of carbonyl (C=O) groups is 2. The summed E-state index contributed by atoms with van der Waals surface area (Å²) < 4.78 is 11.0. The van der Waals surface area contributed by atoms with Gasteiger partial charge in [0.15, 0.2) is 0 Å². The predicted octanol–water partition coefficient (Wildman–Crippen LogP) is -0.689. The monoisotopic (exact) mass is 274 g/mol. The van der Waals surface area contributed by atoms with E-state index in [0.717, 1.165) is 0 Å². The smallest absolute Gasteiger partial charge is 0.230 e. The highest BCUT2D eigenvalue weighted by Crippen LogP contribution is 2.51. The third kappa shape index (κ3) is 1.37. The van der Waals surface area contributed by atoms with Gasteiger partial charge in [0.2, 0.25) is 5.91 Å². The van der Waals surface area contributed by atoms with Crippen molar-refractivity contribution >= 4 is 11.9 Å². The first-order valence-corrected chi connectivity index (χ1v) is 6.50. The Hall–Kier alpha value is -2.08. The third-order valence-electron chi connectivity index (χ3n) is 4.38. The van der Waals surface area contributed by atoms with Crippen molar-refractivity contribution in [1.82, 2.24) is 4.90 Å². The van der Waals surface area contributed by atoms with Crippen LogP contribution < -0.4 is 5.11 Å². The van der Waals surface area contributed by atoms with Crippen LogP contribution in [0.4, 0.5) is 0 Å². The molecule has 0 radical (unpaired) electrons. The molecule has 1 spiro atoms. The lowest BCUT2D eigenvalue weighted by molar-refractivity contribution is -0.313. The minimum atomic E-state index is -1.22. The summed E-state index contributed by atoms with van der Waals surface area (Å²) in [6.45, 7) is 0.680. The number of amides is 1. The van der Waals surface area contributed by atoms with Crippen molar-refractivity contribution in [1.29, 1.82) is 0 Å². The first-order valence-electron chi connectivity index (χ1n) is 6.50. The summed E-state index contributed by atoms with van der Waals surface area (Å²) in [4.78, 5) is 25.4. The summed E-state index contributed by atoms with van der Waals surface area (Å²) in [5.74, 6) is -2.34. The van der Waals surface area contributed by atoms with E-state index in [0.29, 0.717) is 18.8 Å². The van der Waals surface area contributed by atoms with Crippen molar-refractivity contribution in [3.05, 3.63) is 36.3 Å². The molecule has 3 aliphatic heterocycles. The second-order valence-corrected chi connectivity index (χ2v) is 5.49. The zero-order chi connectivity index (χ0) is 13.9. The van der Waals surface area contributed by atoms with Crippen molar-refractivity contribution in [2.75, 3.05) is 6.54 Å². The second kappa shape index (κ2) is 3.73. The molecule has 2 bridgehead atoms. The molecule has 0 N–H and O–H groups in total. The predicted molar refractivity (Wildman–Crippen MR) is 62.9 cm³/mol. The van der Waals surface area contributed by atoms with Gasteiger partial charge in [-0.25, -0.2) is 0 Å². The largest absolute Gasteiger partial charge is 0.550 e. The van der Waals surface area contributed by atoms with Gasteiger partial charge in [-0.2, -0.15) is 0 Å². The summed E-state index contributed by atoms with van der Waals surface area (Å²) >= 11 is 0. The Kier molecular flexibility index (Phi) is 2.18. The van der Waals surface area contributed by atoms with E-state index in [4.69, 9.17) is 9.15 Å². The molecule has 1 amide bonds. The molecule has 6 nitrogen and oxygen atoms in total. The normalized spacial score (nSPS) is 37.7. The van der Waals surface area contributed by atoms with Gasteiger partial charge in [-0.1, -0.05) is 12.2 Å². The summed E-state index contributed by atoms with van der Waals surface area (Å²) in [6, 6.07) is 3.53. The summed E-state index contributed by atoms with van der Waals surface area (Å²) in [5.41, 5.74) is -0.806. The number of aliphatic carboxylic acids is 1. The van der Waals surface area contributed by atoms with Crippen LogP contribution in [-0.2, 0) is 20.9 Å². The van der Waals surface area contributed by atoms with Crippen LogP contribution in [-0.4, -0.2) is 35.0 Å². The Morgan fingerprint density at radius 2 is 2.40 bits per heavy atom. The highest BCUT2D eigenvalue weighted by Gasteiger charge is 2.65. The van der Waals surface area contributed by atoms with Gasteiger partial charge in [0.1, 0.15) is 11.4 Å². The number of carboxylic acid groups (broad SMARTS) is 1. The Labute approximate surface area is 114 Å². The maximum absolute atomic E-state index is 12.5. The molecule has 4 atom stereocenters. The molecule has 0 unspecified atom stereocenters. The molecule has 6 heteroatoms. The van der Waals surface area contributed by atoms with Gasteiger partial charge in [-0.15, -0.1) is 0 Å². The number of ether oxygens (including phenoxy) is 1. The van der Waals surface area contributed by atoms with E-state index < -0.39 is 29.5 Å². The van der Waals surface area contributed by atoms with Crippen molar-refractivity contribution in [3.8, 4) is 0 Å². The number of nitrogens with zero attached hydrogens (tertiary/aromatic N) is 1. The minimum absolute atomic E-state index is 0.206. The molecule has 0 aliphatic carbocycles. The van der Waals surface area contributed by atoms with Gasteiger partial charge in [0, 0.05) is 11.9 Å². The molecule has 4 heterocycles. The van der Waals surface area contributed by atoms with Crippen LogP contribution in [0.1, 0.15) is 5.76 Å². The van der Waals surface area contributed by atoms with Gasteiger partial charge in [0.25, 0.3) is 0 Å². The maximum atomic E-state index is 12.5. The number of rotatable bonds is 3. The van der Waals surface area contributed by atoms with Crippen LogP contribution in [0.5, 0.6) is 0 Å². The fraction of sp³-hybridized carbons (Fsp3) is 0.429. The number of hydrogen-bond donors (Lipinski definition) is 0. The lowest BCUT2D eigenvalue weighted by Gasteiger charge is -2.24. The minimum Gasteiger partial charge on any atom is -0.550 e. The number of carbonyl (C=O) groups excluding carboxylic acids is 2. The van der Waals surface area contributed by atoms with Crippen LogP contribution in [0.15, 0.2) is 35.0 Å².